The Morgan fingerprint density at radius 2 is 1.95 bits per heavy atom. The van der Waals surface area contributed by atoms with Gasteiger partial charge in [-0.25, -0.2) is 4.39 Å². The predicted molar refractivity (Wildman–Crippen MR) is 80.6 cm³/mol. The number of anilines is 1. The number of halogens is 1. The van der Waals surface area contributed by atoms with E-state index in [1.165, 1.54) is 11.8 Å². The maximum Gasteiger partial charge on any atom is 0.164 e. The lowest BCUT2D eigenvalue weighted by molar-refractivity contribution is 0.282. The van der Waals surface area contributed by atoms with Crippen LogP contribution in [0.2, 0.25) is 0 Å². The van der Waals surface area contributed by atoms with Gasteiger partial charge < -0.3 is 10.0 Å². The van der Waals surface area contributed by atoms with Gasteiger partial charge >= 0.3 is 0 Å². The van der Waals surface area contributed by atoms with Gasteiger partial charge in [-0.1, -0.05) is 24.3 Å². The molecule has 21 heavy (non-hydrogen) atoms. The summed E-state index contributed by atoms with van der Waals surface area (Å²) in [6.07, 6.45) is 4.98. The molecule has 0 aliphatic carbocycles. The first-order valence-electron chi connectivity index (χ1n) is 7.29. The molecule has 3 rings (SSSR count). The fourth-order valence-corrected chi connectivity index (χ4v) is 2.96. The molecule has 1 N–H and O–H groups in total. The highest BCUT2D eigenvalue weighted by molar-refractivity contribution is 5.47. The number of pyridine rings is 1. The number of aromatic nitrogens is 1. The van der Waals surface area contributed by atoms with E-state index >= 15 is 0 Å². The number of hydrogen-bond donors (Lipinski definition) is 1. The summed E-state index contributed by atoms with van der Waals surface area (Å²) in [5.41, 5.74) is 2.86. The largest absolute Gasteiger partial charge is 0.392 e. The standard InChI is InChI=1S/C17H19FN2O/c18-16-10-19-7-5-17(16)20-8-6-15(11-20)9-13-1-3-14(12-21)4-2-13/h1-5,7,10,15,21H,6,8-9,11-12H2. The Balaban J connectivity index is 1.63. The molecule has 1 atom stereocenters. The highest BCUT2D eigenvalue weighted by atomic mass is 19.1. The molecule has 1 aromatic carbocycles. The molecule has 0 bridgehead atoms. The lowest BCUT2D eigenvalue weighted by Crippen LogP contribution is -2.21. The van der Waals surface area contributed by atoms with E-state index in [0.29, 0.717) is 11.6 Å². The van der Waals surface area contributed by atoms with Gasteiger partial charge in [0.2, 0.25) is 0 Å². The van der Waals surface area contributed by atoms with Gasteiger partial charge in [0, 0.05) is 19.3 Å². The van der Waals surface area contributed by atoms with Crippen LogP contribution in [0.25, 0.3) is 0 Å². The van der Waals surface area contributed by atoms with Crippen LogP contribution in [-0.4, -0.2) is 23.2 Å². The first-order valence-corrected chi connectivity index (χ1v) is 7.29. The minimum atomic E-state index is -0.245. The molecule has 0 spiro atoms. The van der Waals surface area contributed by atoms with Crippen LogP contribution in [0, 0.1) is 11.7 Å². The van der Waals surface area contributed by atoms with Crippen molar-refractivity contribution in [2.24, 2.45) is 5.92 Å². The maximum absolute atomic E-state index is 13.8. The van der Waals surface area contributed by atoms with Crippen molar-refractivity contribution in [2.75, 3.05) is 18.0 Å². The lowest BCUT2D eigenvalue weighted by atomic mass is 9.98. The van der Waals surface area contributed by atoms with Crippen molar-refractivity contribution in [3.05, 3.63) is 59.7 Å². The van der Waals surface area contributed by atoms with Crippen molar-refractivity contribution in [2.45, 2.75) is 19.4 Å². The van der Waals surface area contributed by atoms with Crippen molar-refractivity contribution in [1.82, 2.24) is 4.98 Å². The number of hydrogen-bond acceptors (Lipinski definition) is 3. The molecule has 2 heterocycles. The van der Waals surface area contributed by atoms with Crippen LogP contribution in [0.4, 0.5) is 10.1 Å². The molecule has 4 heteroatoms. The van der Waals surface area contributed by atoms with E-state index in [4.69, 9.17) is 5.11 Å². The van der Waals surface area contributed by atoms with Gasteiger partial charge in [-0.3, -0.25) is 4.98 Å². The van der Waals surface area contributed by atoms with E-state index in [0.717, 1.165) is 31.5 Å². The minimum Gasteiger partial charge on any atom is -0.392 e. The average molecular weight is 286 g/mol. The SMILES string of the molecule is OCc1ccc(CC2CCN(c3ccncc3F)C2)cc1. The average Bonchev–Trinajstić information content (AvgIpc) is 2.97. The maximum atomic E-state index is 13.8. The highest BCUT2D eigenvalue weighted by Crippen LogP contribution is 2.27. The second kappa shape index (κ2) is 6.22. The van der Waals surface area contributed by atoms with Crippen molar-refractivity contribution in [3.63, 3.8) is 0 Å². The van der Waals surface area contributed by atoms with Crippen LogP contribution in [0.3, 0.4) is 0 Å². The van der Waals surface area contributed by atoms with Crippen LogP contribution >= 0.6 is 0 Å². The van der Waals surface area contributed by atoms with Crippen molar-refractivity contribution in [1.29, 1.82) is 0 Å². The van der Waals surface area contributed by atoms with Gasteiger partial charge in [0.1, 0.15) is 0 Å². The van der Waals surface area contributed by atoms with Gasteiger partial charge in [0.15, 0.2) is 5.82 Å². The quantitative estimate of drug-likeness (QED) is 0.939. The Morgan fingerprint density at radius 1 is 1.19 bits per heavy atom. The molecule has 2 aromatic rings. The molecule has 1 fully saturated rings. The lowest BCUT2D eigenvalue weighted by Gasteiger charge is -2.19. The zero-order valence-electron chi connectivity index (χ0n) is 11.9. The van der Waals surface area contributed by atoms with Gasteiger partial charge in [-0.15, -0.1) is 0 Å². The van der Waals surface area contributed by atoms with E-state index in [-0.39, 0.29) is 12.4 Å². The molecule has 0 saturated carbocycles. The summed E-state index contributed by atoms with van der Waals surface area (Å²) in [4.78, 5) is 5.90. The molecule has 3 nitrogen and oxygen atoms in total. The summed E-state index contributed by atoms with van der Waals surface area (Å²) in [6.45, 7) is 1.85. The Morgan fingerprint density at radius 3 is 2.67 bits per heavy atom. The number of rotatable bonds is 4. The molecule has 1 aromatic heterocycles. The third-order valence-corrected chi connectivity index (χ3v) is 4.11. The number of nitrogens with zero attached hydrogens (tertiary/aromatic N) is 2. The van der Waals surface area contributed by atoms with Crippen LogP contribution in [0.1, 0.15) is 17.5 Å². The Labute approximate surface area is 124 Å². The topological polar surface area (TPSA) is 36.4 Å². The normalized spacial score (nSPS) is 18.2. The van der Waals surface area contributed by atoms with E-state index in [1.54, 1.807) is 12.3 Å². The van der Waals surface area contributed by atoms with Crippen molar-refractivity contribution >= 4 is 5.69 Å². The molecule has 0 amide bonds. The summed E-state index contributed by atoms with van der Waals surface area (Å²) >= 11 is 0. The van der Waals surface area contributed by atoms with E-state index in [1.807, 2.05) is 12.1 Å². The summed E-state index contributed by atoms with van der Waals surface area (Å²) in [7, 11) is 0. The molecule has 1 aliphatic rings. The molecular weight excluding hydrogens is 267 g/mol. The third kappa shape index (κ3) is 3.22. The Kier molecular flexibility index (Phi) is 4.15. The molecule has 1 saturated heterocycles. The second-order valence-electron chi connectivity index (χ2n) is 5.61. The summed E-state index contributed by atoms with van der Waals surface area (Å²) < 4.78 is 13.8. The summed E-state index contributed by atoms with van der Waals surface area (Å²) in [5.74, 6) is 0.294. The Hall–Kier alpha value is -1.94. The van der Waals surface area contributed by atoms with Crippen molar-refractivity contribution in [3.8, 4) is 0 Å². The molecule has 0 radical (unpaired) electrons. The monoisotopic (exact) mass is 286 g/mol. The minimum absolute atomic E-state index is 0.0821. The van der Waals surface area contributed by atoms with Gasteiger partial charge in [0.25, 0.3) is 0 Å². The molecular formula is C17H19FN2O. The van der Waals surface area contributed by atoms with E-state index in [9.17, 15) is 4.39 Å². The van der Waals surface area contributed by atoms with Gasteiger partial charge in [-0.05, 0) is 36.0 Å². The number of aliphatic hydroxyl groups is 1. The molecule has 1 aliphatic heterocycles. The van der Waals surface area contributed by atoms with Crippen LogP contribution < -0.4 is 4.90 Å². The fourth-order valence-electron chi connectivity index (χ4n) is 2.96. The van der Waals surface area contributed by atoms with Crippen LogP contribution in [0.5, 0.6) is 0 Å². The molecule has 1 unspecified atom stereocenters. The first-order chi connectivity index (χ1) is 10.3. The van der Waals surface area contributed by atoms with E-state index in [2.05, 4.69) is 22.0 Å². The van der Waals surface area contributed by atoms with Crippen molar-refractivity contribution < 1.29 is 9.50 Å². The second-order valence-corrected chi connectivity index (χ2v) is 5.61. The number of benzene rings is 1. The summed E-state index contributed by atoms with van der Waals surface area (Å²) in [5, 5.41) is 9.05. The zero-order valence-corrected chi connectivity index (χ0v) is 11.9. The van der Waals surface area contributed by atoms with Gasteiger partial charge in [0.05, 0.1) is 18.5 Å². The fraction of sp³-hybridized carbons (Fsp3) is 0.353. The smallest absolute Gasteiger partial charge is 0.164 e. The predicted octanol–water partition coefficient (Wildman–Crippen LogP) is 2.78. The Bertz CT molecular complexity index is 600. The molecule has 110 valence electrons. The van der Waals surface area contributed by atoms with Gasteiger partial charge in [-0.2, -0.15) is 0 Å². The van der Waals surface area contributed by atoms with Crippen LogP contribution in [-0.2, 0) is 13.0 Å². The van der Waals surface area contributed by atoms with E-state index < -0.39 is 0 Å². The highest BCUT2D eigenvalue weighted by Gasteiger charge is 2.24. The van der Waals surface area contributed by atoms with Crippen LogP contribution in [0.15, 0.2) is 42.7 Å². The zero-order chi connectivity index (χ0) is 14.7. The summed E-state index contributed by atoms with van der Waals surface area (Å²) in [6, 6.07) is 9.81. The first kappa shape index (κ1) is 14.0. The third-order valence-electron chi connectivity index (χ3n) is 4.11. The number of aliphatic hydroxyl groups excluding tert-OH is 1.